The molecule has 0 bridgehead atoms. The van der Waals surface area contributed by atoms with Crippen LogP contribution in [0.1, 0.15) is 18.7 Å². The Hall–Kier alpha value is -3.16. The number of H-pyrrole nitrogens is 1. The zero-order valence-electron chi connectivity index (χ0n) is 15.8. The van der Waals surface area contributed by atoms with E-state index in [4.69, 9.17) is 6.42 Å². The van der Waals surface area contributed by atoms with E-state index in [-0.39, 0.29) is 11.6 Å². The molecule has 5 rings (SSSR count). The van der Waals surface area contributed by atoms with Gasteiger partial charge in [-0.1, -0.05) is 54.5 Å². The first kappa shape index (κ1) is 18.2. The summed E-state index contributed by atoms with van der Waals surface area (Å²) in [5.41, 5.74) is 3.54. The summed E-state index contributed by atoms with van der Waals surface area (Å²) in [5.74, 6) is 3.58. The third kappa shape index (κ3) is 3.90. The van der Waals surface area contributed by atoms with Crippen LogP contribution in [0, 0.1) is 12.3 Å². The fourth-order valence-corrected chi connectivity index (χ4v) is 3.50. The van der Waals surface area contributed by atoms with Gasteiger partial charge < -0.3 is 4.98 Å². The number of rotatable bonds is 4. The molecular formula is C24H23N3O. The number of hydrogen-bond acceptors (Lipinski definition) is 3. The van der Waals surface area contributed by atoms with Crippen LogP contribution in [0.2, 0.25) is 0 Å². The molecule has 2 heterocycles. The van der Waals surface area contributed by atoms with Gasteiger partial charge in [0.1, 0.15) is 5.82 Å². The van der Waals surface area contributed by atoms with E-state index in [9.17, 15) is 4.79 Å². The Bertz CT molecular complexity index is 1070. The Kier molecular flexibility index (Phi) is 5.36. The van der Waals surface area contributed by atoms with E-state index < -0.39 is 0 Å². The number of terminal acetylenes is 1. The van der Waals surface area contributed by atoms with Gasteiger partial charge in [0.25, 0.3) is 5.56 Å². The van der Waals surface area contributed by atoms with Crippen molar-refractivity contribution >= 4 is 10.9 Å². The Morgan fingerprint density at radius 1 is 1.11 bits per heavy atom. The van der Waals surface area contributed by atoms with Gasteiger partial charge in [-0.25, -0.2) is 4.98 Å². The molecule has 1 unspecified atom stereocenters. The van der Waals surface area contributed by atoms with Gasteiger partial charge in [-0.15, -0.1) is 6.42 Å². The molecule has 2 aromatic rings. The number of aryl methyl sites for hydroxylation is 1. The summed E-state index contributed by atoms with van der Waals surface area (Å²) < 4.78 is 0. The van der Waals surface area contributed by atoms with Crippen LogP contribution < -0.4 is 5.56 Å². The summed E-state index contributed by atoms with van der Waals surface area (Å²) in [7, 11) is 0. The van der Waals surface area contributed by atoms with Crippen LogP contribution in [0.15, 0.2) is 65.5 Å². The SMILES string of the molecule is C#CC1CC=CCN1CCCc1nc2ccccc2c(=O)[nH]1.c1cc2ccc1-2. The van der Waals surface area contributed by atoms with Gasteiger partial charge in [-0.3, -0.25) is 9.69 Å². The second-order valence-electron chi connectivity index (χ2n) is 7.10. The second kappa shape index (κ2) is 8.24. The fourth-order valence-electron chi connectivity index (χ4n) is 3.50. The highest BCUT2D eigenvalue weighted by Crippen LogP contribution is 2.29. The maximum absolute atomic E-state index is 12.0. The van der Waals surface area contributed by atoms with Gasteiger partial charge in [-0.2, -0.15) is 0 Å². The smallest absolute Gasteiger partial charge is 0.258 e. The van der Waals surface area contributed by atoms with Gasteiger partial charge >= 0.3 is 0 Å². The molecule has 0 spiro atoms. The van der Waals surface area contributed by atoms with Gasteiger partial charge in [0.15, 0.2) is 0 Å². The topological polar surface area (TPSA) is 49.0 Å². The fraction of sp³-hybridized carbons (Fsp3) is 0.250. The molecule has 0 radical (unpaired) electrons. The lowest BCUT2D eigenvalue weighted by atomic mass is 9.95. The summed E-state index contributed by atoms with van der Waals surface area (Å²) in [6.07, 6.45) is 12.5. The Morgan fingerprint density at radius 3 is 2.54 bits per heavy atom. The Labute approximate surface area is 164 Å². The van der Waals surface area contributed by atoms with Crippen LogP contribution in [-0.4, -0.2) is 34.0 Å². The predicted octanol–water partition coefficient (Wildman–Crippen LogP) is 3.79. The minimum absolute atomic E-state index is 0.0667. The van der Waals surface area contributed by atoms with E-state index in [1.165, 1.54) is 11.1 Å². The summed E-state index contributed by atoms with van der Waals surface area (Å²) in [6, 6.07) is 16.1. The lowest BCUT2D eigenvalue weighted by Crippen LogP contribution is -2.37. The molecule has 1 atom stereocenters. The van der Waals surface area contributed by atoms with Crippen molar-refractivity contribution in [2.75, 3.05) is 13.1 Å². The number of nitrogens with one attached hydrogen (secondary N) is 1. The molecule has 1 aromatic heterocycles. The van der Waals surface area contributed by atoms with Crippen molar-refractivity contribution in [3.63, 3.8) is 0 Å². The lowest BCUT2D eigenvalue weighted by Gasteiger charge is -2.29. The molecule has 2 aliphatic carbocycles. The number of aromatic amines is 1. The molecule has 0 fully saturated rings. The quantitative estimate of drug-likeness (QED) is 0.440. The van der Waals surface area contributed by atoms with Crippen molar-refractivity contribution in [3.05, 3.63) is 76.9 Å². The van der Waals surface area contributed by atoms with Crippen LogP contribution in [0.3, 0.4) is 0 Å². The van der Waals surface area contributed by atoms with E-state index in [1.54, 1.807) is 6.07 Å². The predicted molar refractivity (Wildman–Crippen MR) is 114 cm³/mol. The molecule has 1 N–H and O–H groups in total. The molecule has 0 saturated heterocycles. The summed E-state index contributed by atoms with van der Waals surface area (Å²) >= 11 is 0. The first-order valence-corrected chi connectivity index (χ1v) is 9.68. The van der Waals surface area contributed by atoms with E-state index >= 15 is 0 Å². The maximum Gasteiger partial charge on any atom is 0.258 e. The lowest BCUT2D eigenvalue weighted by molar-refractivity contribution is 0.248. The number of benzene rings is 2. The van der Waals surface area contributed by atoms with Crippen LogP contribution in [0.25, 0.3) is 22.0 Å². The standard InChI is InChI=1S/C18H19N3O.C6H4/c1-2-14-8-5-6-12-21(14)13-7-11-17-19-16-10-4-3-9-15(16)18(22)20-17;1-2-6-4-3-5(1)6/h1,3-6,9-10,14H,7-8,11-13H2,(H,19,20,22);1-4H. The van der Waals surface area contributed by atoms with Crippen molar-refractivity contribution in [3.8, 4) is 23.5 Å². The Morgan fingerprint density at radius 2 is 1.86 bits per heavy atom. The van der Waals surface area contributed by atoms with Crippen molar-refractivity contribution in [2.24, 2.45) is 0 Å². The molecule has 140 valence electrons. The molecule has 4 nitrogen and oxygen atoms in total. The molecule has 0 saturated carbocycles. The number of hydrogen-bond donors (Lipinski definition) is 1. The largest absolute Gasteiger partial charge is 0.310 e. The second-order valence-corrected chi connectivity index (χ2v) is 7.10. The number of para-hydroxylation sites is 1. The number of aromatic nitrogens is 2. The first-order valence-electron chi connectivity index (χ1n) is 9.68. The van der Waals surface area contributed by atoms with Gasteiger partial charge in [0.05, 0.1) is 16.9 Å². The average Bonchev–Trinajstić information content (AvgIpc) is 2.71. The van der Waals surface area contributed by atoms with Crippen LogP contribution in [0.5, 0.6) is 0 Å². The number of nitrogens with zero attached hydrogens (tertiary/aromatic N) is 2. The van der Waals surface area contributed by atoms with Crippen molar-refractivity contribution in [1.29, 1.82) is 0 Å². The van der Waals surface area contributed by atoms with Crippen LogP contribution >= 0.6 is 0 Å². The third-order valence-corrected chi connectivity index (χ3v) is 5.24. The van der Waals surface area contributed by atoms with Crippen molar-refractivity contribution in [1.82, 2.24) is 14.9 Å². The average molecular weight is 369 g/mol. The monoisotopic (exact) mass is 369 g/mol. The van der Waals surface area contributed by atoms with Crippen LogP contribution in [0.4, 0.5) is 0 Å². The summed E-state index contributed by atoms with van der Waals surface area (Å²) in [6.45, 7) is 1.81. The molecule has 0 amide bonds. The van der Waals surface area contributed by atoms with E-state index in [0.29, 0.717) is 5.39 Å². The van der Waals surface area contributed by atoms with E-state index in [0.717, 1.165) is 43.7 Å². The van der Waals surface area contributed by atoms with Crippen molar-refractivity contribution in [2.45, 2.75) is 25.3 Å². The summed E-state index contributed by atoms with van der Waals surface area (Å²) in [4.78, 5) is 21.7. The highest BCUT2D eigenvalue weighted by molar-refractivity contribution is 5.77. The minimum Gasteiger partial charge on any atom is -0.310 e. The molecule has 4 heteroatoms. The Balaban J connectivity index is 0.000000268. The zero-order valence-corrected chi connectivity index (χ0v) is 15.8. The van der Waals surface area contributed by atoms with Crippen molar-refractivity contribution < 1.29 is 0 Å². The van der Waals surface area contributed by atoms with Gasteiger partial charge in [0.2, 0.25) is 0 Å². The highest BCUT2D eigenvalue weighted by atomic mass is 16.1. The number of fused-ring (bicyclic) bond motifs is 2. The highest BCUT2D eigenvalue weighted by Gasteiger charge is 2.16. The normalized spacial score (nSPS) is 16.9. The first-order chi connectivity index (χ1) is 13.7. The molecule has 1 aliphatic heterocycles. The maximum atomic E-state index is 12.0. The molecule has 3 aliphatic rings. The molecule has 28 heavy (non-hydrogen) atoms. The molecule has 1 aromatic carbocycles. The third-order valence-electron chi connectivity index (χ3n) is 5.24. The van der Waals surface area contributed by atoms with Gasteiger partial charge in [-0.05, 0) is 36.1 Å². The van der Waals surface area contributed by atoms with Crippen LogP contribution in [-0.2, 0) is 6.42 Å². The van der Waals surface area contributed by atoms with Gasteiger partial charge in [0, 0.05) is 19.5 Å². The van der Waals surface area contributed by atoms with E-state index in [1.807, 2.05) is 18.2 Å². The zero-order chi connectivity index (χ0) is 19.3. The van der Waals surface area contributed by atoms with E-state index in [2.05, 4.69) is 57.2 Å². The minimum atomic E-state index is -0.0667. The molecular weight excluding hydrogens is 346 g/mol. The summed E-state index contributed by atoms with van der Waals surface area (Å²) in [5, 5.41) is 0.639.